The third kappa shape index (κ3) is 29.9. The molecule has 17 N–H and O–H groups in total. The summed E-state index contributed by atoms with van der Waals surface area (Å²) in [5, 5.41) is 64.8. The van der Waals surface area contributed by atoms with Crippen LogP contribution in [0.3, 0.4) is 0 Å². The molecule has 0 spiro atoms. The molecule has 0 rings (SSSR count). The highest BCUT2D eigenvalue weighted by atomic mass is 16.5. The van der Waals surface area contributed by atoms with E-state index in [1.165, 1.54) is 0 Å². The third-order valence-corrected chi connectivity index (χ3v) is 9.77. The number of carboxylic acids is 5. The fourth-order valence-corrected chi connectivity index (χ4v) is 5.92. The van der Waals surface area contributed by atoms with Crippen LogP contribution >= 0.6 is 0 Å². The molecule has 71 heavy (non-hydrogen) atoms. The number of carbonyl (C=O) groups is 14. The van der Waals surface area contributed by atoms with Gasteiger partial charge in [0.2, 0.25) is 53.2 Å². The quantitative estimate of drug-likeness (QED) is 0.0256. The number of unbranched alkanes of at least 4 members (excludes halogenated alkanes) is 1. The number of aliphatic carboxylic acids is 5. The first-order valence-electron chi connectivity index (χ1n) is 22.3. The molecule has 0 bridgehead atoms. The van der Waals surface area contributed by atoms with Gasteiger partial charge in [0.1, 0.15) is 42.9 Å². The Bertz CT molecular complexity index is 1900. The normalized spacial score (nSPS) is 13.3. The zero-order valence-corrected chi connectivity index (χ0v) is 39.3. The lowest BCUT2D eigenvalue weighted by Gasteiger charge is -2.27. The van der Waals surface area contributed by atoms with Crippen LogP contribution in [0.25, 0.3) is 0 Å². The van der Waals surface area contributed by atoms with Crippen molar-refractivity contribution in [2.75, 3.05) is 32.8 Å². The van der Waals surface area contributed by atoms with Crippen molar-refractivity contribution >= 4 is 83.0 Å². The molecular formula is C41H66N10O20. The van der Waals surface area contributed by atoms with E-state index in [9.17, 15) is 92.7 Å². The molecule has 0 aliphatic carbocycles. The minimum absolute atomic E-state index is 0.0193. The second-order valence-electron chi connectivity index (χ2n) is 16.0. The number of primary amides is 1. The second kappa shape index (κ2) is 34.7. The molecule has 0 aliphatic rings. The molecule has 0 aromatic rings. The van der Waals surface area contributed by atoms with Crippen LogP contribution in [-0.4, -0.2) is 178 Å². The Labute approximate surface area is 406 Å². The van der Waals surface area contributed by atoms with E-state index in [4.69, 9.17) is 16.2 Å². The Hall–Kier alpha value is -7.50. The maximum Gasteiger partial charge on any atom is 0.303 e. The fraction of sp³-hybridized carbons (Fsp3) is 0.659. The molecule has 9 amide bonds. The summed E-state index contributed by atoms with van der Waals surface area (Å²) >= 11 is 0. The fourth-order valence-electron chi connectivity index (χ4n) is 5.92. The number of amides is 9. The van der Waals surface area contributed by atoms with Crippen LogP contribution in [0.4, 0.5) is 0 Å². The van der Waals surface area contributed by atoms with Crippen LogP contribution < -0.4 is 54.0 Å². The summed E-state index contributed by atoms with van der Waals surface area (Å²) in [6.45, 7) is 2.09. The molecule has 0 aromatic carbocycles. The van der Waals surface area contributed by atoms with E-state index in [1.54, 1.807) is 13.8 Å². The summed E-state index contributed by atoms with van der Waals surface area (Å²) in [6, 6.07) is -10.4. The lowest BCUT2D eigenvalue weighted by Crippen LogP contribution is -2.59. The molecule has 400 valence electrons. The van der Waals surface area contributed by atoms with Gasteiger partial charge >= 0.3 is 29.8 Å². The van der Waals surface area contributed by atoms with Crippen LogP contribution in [0.1, 0.15) is 97.3 Å². The Morgan fingerprint density at radius 3 is 1.08 bits per heavy atom. The minimum atomic E-state index is -1.93. The van der Waals surface area contributed by atoms with Crippen LogP contribution in [0, 0.1) is 5.92 Å². The zero-order chi connectivity index (χ0) is 54.2. The average molecular weight is 1020 g/mol. The Balaban J connectivity index is 6.41. The number of nitrogens with one attached hydrogen (secondary N) is 8. The van der Waals surface area contributed by atoms with E-state index in [-0.39, 0.29) is 44.5 Å². The lowest BCUT2D eigenvalue weighted by atomic mass is 10.0. The number of nitrogens with two attached hydrogens (primary N) is 2. The maximum atomic E-state index is 13.8. The van der Waals surface area contributed by atoms with Gasteiger partial charge in [-0.3, -0.25) is 67.1 Å². The number of rotatable bonds is 39. The summed E-state index contributed by atoms with van der Waals surface area (Å²) in [6.07, 6.45) is -6.41. The van der Waals surface area contributed by atoms with Crippen molar-refractivity contribution in [1.82, 2.24) is 42.5 Å². The second-order valence-corrected chi connectivity index (χ2v) is 16.0. The molecule has 0 radical (unpaired) electrons. The Kier molecular flexibility index (Phi) is 31.1. The van der Waals surface area contributed by atoms with Crippen molar-refractivity contribution in [2.45, 2.75) is 134 Å². The van der Waals surface area contributed by atoms with Gasteiger partial charge < -0.3 is 84.3 Å². The van der Waals surface area contributed by atoms with Crippen molar-refractivity contribution in [2.24, 2.45) is 17.4 Å². The van der Waals surface area contributed by atoms with Crippen molar-refractivity contribution < 1.29 is 97.4 Å². The lowest BCUT2D eigenvalue weighted by molar-refractivity contribution is -0.141. The molecule has 30 nitrogen and oxygen atoms in total. The molecule has 0 heterocycles. The van der Waals surface area contributed by atoms with Gasteiger partial charge in [0, 0.05) is 44.6 Å². The zero-order valence-electron chi connectivity index (χ0n) is 39.3. The van der Waals surface area contributed by atoms with Crippen molar-refractivity contribution in [3.8, 4) is 0 Å². The summed E-state index contributed by atoms with van der Waals surface area (Å²) in [5.74, 6) is -16.8. The van der Waals surface area contributed by atoms with E-state index < -0.39 is 184 Å². The highest BCUT2D eigenvalue weighted by Gasteiger charge is 2.34. The van der Waals surface area contributed by atoms with Gasteiger partial charge in [0.05, 0.1) is 13.2 Å². The average Bonchev–Trinajstić information content (AvgIpc) is 3.28. The van der Waals surface area contributed by atoms with Gasteiger partial charge in [0.25, 0.3) is 0 Å². The van der Waals surface area contributed by atoms with Gasteiger partial charge in [0.15, 0.2) is 0 Å². The molecule has 0 aliphatic heterocycles. The first-order chi connectivity index (χ1) is 33.3. The Morgan fingerprint density at radius 2 is 0.775 bits per heavy atom. The predicted molar refractivity (Wildman–Crippen MR) is 240 cm³/mol. The van der Waals surface area contributed by atoms with Gasteiger partial charge in [-0.15, -0.1) is 0 Å². The summed E-state index contributed by atoms with van der Waals surface area (Å²) in [7, 11) is 0. The predicted octanol–water partition coefficient (Wildman–Crippen LogP) is -5.26. The highest BCUT2D eigenvalue weighted by Crippen LogP contribution is 2.10. The van der Waals surface area contributed by atoms with Crippen molar-refractivity contribution in [3.63, 3.8) is 0 Å². The number of hydrogen-bond donors (Lipinski definition) is 15. The molecule has 0 fully saturated rings. The standard InChI is InChI=1S/C41H66N10O20/c1-21(2)36(65)45-19-28(52)44-17-18-71-20-29(53)46-23(6-11-30(54)55)37(66)48-25(8-13-32(58)59)39(68)50-27(10-15-34(62)63)41(70)51-26(9-14-33(60)61)40(69)49-24(7-12-31(56)57)38(67)47-22(35(43)64)5-3-4-16-42/h21-27H,3-20,42H2,1-2H3,(H2,43,64)(H,44,52)(H,45,65)(H,46,53)(H,47,67)(H,48,66)(H,49,69)(H,50,68)(H,51,70)(H,54,55)(H,56,57)(H,58,59)(H,60,61)(H,62,63)/t22-,23-,24-,25-,26-,27-/m1/s1. The van der Waals surface area contributed by atoms with Crippen LogP contribution in [0.15, 0.2) is 0 Å². The van der Waals surface area contributed by atoms with Crippen LogP contribution in [0.2, 0.25) is 0 Å². The summed E-state index contributed by atoms with van der Waals surface area (Å²) in [4.78, 5) is 174. The van der Waals surface area contributed by atoms with E-state index in [2.05, 4.69) is 42.5 Å². The number of ether oxygens (including phenoxy) is 1. The van der Waals surface area contributed by atoms with E-state index in [0.29, 0.717) is 12.8 Å². The first kappa shape index (κ1) is 63.5. The molecule has 6 atom stereocenters. The SMILES string of the molecule is CC(C)C(=O)NCC(=O)NCCOCC(=O)N[C@H](CCC(=O)O)C(=O)N[C@H](CCC(=O)O)C(=O)N[C@H](CCC(=O)O)C(=O)N[C@H](CCC(=O)O)C(=O)N[C@H](CCC(=O)O)C(=O)N[C@H](CCCCN)C(N)=O. The van der Waals surface area contributed by atoms with E-state index in [0.717, 1.165) is 0 Å². The molecule has 0 unspecified atom stereocenters. The molecule has 0 saturated heterocycles. The summed E-state index contributed by atoms with van der Waals surface area (Å²) < 4.78 is 5.18. The first-order valence-corrected chi connectivity index (χ1v) is 22.3. The largest absolute Gasteiger partial charge is 0.481 e. The topological polar surface area (TPSA) is 498 Å². The van der Waals surface area contributed by atoms with Gasteiger partial charge in [-0.25, -0.2) is 0 Å². The van der Waals surface area contributed by atoms with Gasteiger partial charge in [-0.1, -0.05) is 13.8 Å². The Morgan fingerprint density at radius 1 is 0.437 bits per heavy atom. The number of carbonyl (C=O) groups excluding carboxylic acids is 9. The van der Waals surface area contributed by atoms with E-state index in [1.807, 2.05) is 0 Å². The number of hydrogen-bond acceptors (Lipinski definition) is 16. The van der Waals surface area contributed by atoms with Crippen molar-refractivity contribution in [3.05, 3.63) is 0 Å². The molecule has 0 saturated carbocycles. The van der Waals surface area contributed by atoms with Crippen molar-refractivity contribution in [1.29, 1.82) is 0 Å². The van der Waals surface area contributed by atoms with E-state index >= 15 is 0 Å². The summed E-state index contributed by atoms with van der Waals surface area (Å²) in [5.41, 5.74) is 10.9. The molecule has 30 heteroatoms. The van der Waals surface area contributed by atoms with Gasteiger partial charge in [-0.2, -0.15) is 0 Å². The molecular weight excluding hydrogens is 953 g/mol. The van der Waals surface area contributed by atoms with Crippen LogP contribution in [-0.2, 0) is 71.9 Å². The monoisotopic (exact) mass is 1020 g/mol. The smallest absolute Gasteiger partial charge is 0.303 e. The molecule has 0 aromatic heterocycles. The number of carboxylic acid groups (broad SMARTS) is 5. The third-order valence-electron chi connectivity index (χ3n) is 9.77. The van der Waals surface area contributed by atoms with Gasteiger partial charge in [-0.05, 0) is 57.9 Å². The minimum Gasteiger partial charge on any atom is -0.481 e. The van der Waals surface area contributed by atoms with Crippen LogP contribution in [0.5, 0.6) is 0 Å². The maximum absolute atomic E-state index is 13.8. The highest BCUT2D eigenvalue weighted by molar-refractivity contribution is 5.97.